The number of fused-ring (bicyclic) bond motifs is 1. The number of aromatic nitrogens is 4. The molecular formula is C14H8F6N4O. The summed E-state index contributed by atoms with van der Waals surface area (Å²) in [6.07, 6.45) is -9.58. The number of hydrogen-bond donors (Lipinski definition) is 0. The van der Waals surface area contributed by atoms with Crippen LogP contribution in [0.5, 0.6) is 5.75 Å². The van der Waals surface area contributed by atoms with Crippen LogP contribution < -0.4 is 4.74 Å². The third kappa shape index (κ3) is 3.49. The lowest BCUT2D eigenvalue weighted by Crippen LogP contribution is -2.17. The zero-order chi connectivity index (χ0) is 18.4. The Kier molecular flexibility index (Phi) is 3.81. The number of rotatable bonds is 2. The van der Waals surface area contributed by atoms with Crippen LogP contribution in [0.2, 0.25) is 0 Å². The Morgan fingerprint density at radius 2 is 1.68 bits per heavy atom. The molecule has 0 spiro atoms. The molecule has 0 bridgehead atoms. The summed E-state index contributed by atoms with van der Waals surface area (Å²) in [6, 6.07) is 6.13. The zero-order valence-electron chi connectivity index (χ0n) is 12.4. The third-order valence-electron chi connectivity index (χ3n) is 3.22. The molecule has 132 valence electrons. The highest BCUT2D eigenvalue weighted by Crippen LogP contribution is 2.31. The monoisotopic (exact) mass is 362 g/mol. The van der Waals surface area contributed by atoms with E-state index in [1.807, 2.05) is 0 Å². The van der Waals surface area contributed by atoms with E-state index in [2.05, 4.69) is 20.0 Å². The van der Waals surface area contributed by atoms with Crippen LogP contribution in [0.4, 0.5) is 26.3 Å². The predicted octanol–water partition coefficient (Wildman–Crippen LogP) is 4.02. The molecule has 0 saturated carbocycles. The van der Waals surface area contributed by atoms with Gasteiger partial charge in [-0.15, -0.1) is 23.4 Å². The van der Waals surface area contributed by atoms with Crippen molar-refractivity contribution < 1.29 is 31.1 Å². The van der Waals surface area contributed by atoms with Gasteiger partial charge in [0.1, 0.15) is 5.75 Å². The van der Waals surface area contributed by atoms with Crippen LogP contribution in [0, 0.1) is 6.92 Å². The molecule has 0 N–H and O–H groups in total. The summed E-state index contributed by atoms with van der Waals surface area (Å²) in [6.45, 7) is 1.49. The van der Waals surface area contributed by atoms with E-state index >= 15 is 0 Å². The molecule has 0 aliphatic heterocycles. The predicted molar refractivity (Wildman–Crippen MR) is 72.6 cm³/mol. The Balaban J connectivity index is 2.04. The lowest BCUT2D eigenvalue weighted by atomic mass is 10.1. The topological polar surface area (TPSA) is 52.3 Å². The fourth-order valence-electron chi connectivity index (χ4n) is 2.23. The van der Waals surface area contributed by atoms with E-state index in [1.165, 1.54) is 25.1 Å². The van der Waals surface area contributed by atoms with Gasteiger partial charge in [0.05, 0.1) is 5.69 Å². The molecule has 0 saturated heterocycles. The quantitative estimate of drug-likeness (QED) is 0.647. The number of halogens is 6. The number of ether oxygens (including phenoxy) is 1. The summed E-state index contributed by atoms with van der Waals surface area (Å²) in [7, 11) is 0. The highest BCUT2D eigenvalue weighted by Gasteiger charge is 2.37. The smallest absolute Gasteiger partial charge is 0.406 e. The molecule has 5 nitrogen and oxygen atoms in total. The first-order valence-corrected chi connectivity index (χ1v) is 6.71. The minimum absolute atomic E-state index is 0.106. The first-order chi connectivity index (χ1) is 11.5. The van der Waals surface area contributed by atoms with Crippen LogP contribution in [0.25, 0.3) is 16.9 Å². The fourth-order valence-corrected chi connectivity index (χ4v) is 2.23. The van der Waals surface area contributed by atoms with Crippen molar-refractivity contribution in [2.75, 3.05) is 0 Å². The Morgan fingerprint density at radius 3 is 2.28 bits per heavy atom. The Bertz CT molecular complexity index is 931. The zero-order valence-corrected chi connectivity index (χ0v) is 12.4. The number of benzene rings is 1. The molecule has 0 atom stereocenters. The number of nitrogens with zero attached hydrogens (tertiary/aromatic N) is 4. The second-order valence-corrected chi connectivity index (χ2v) is 5.03. The van der Waals surface area contributed by atoms with E-state index in [-0.39, 0.29) is 11.3 Å². The molecule has 0 fully saturated rings. The van der Waals surface area contributed by atoms with Crippen LogP contribution in [0.15, 0.2) is 30.3 Å². The Labute approximate surface area is 135 Å². The van der Waals surface area contributed by atoms with Gasteiger partial charge in [-0.25, -0.2) is 0 Å². The summed E-state index contributed by atoms with van der Waals surface area (Å²) >= 11 is 0. The van der Waals surface area contributed by atoms with Crippen molar-refractivity contribution in [1.82, 2.24) is 19.8 Å². The molecule has 25 heavy (non-hydrogen) atoms. The molecule has 2 heterocycles. The molecule has 11 heteroatoms. The highest BCUT2D eigenvalue weighted by molar-refractivity contribution is 5.65. The molecule has 2 aromatic heterocycles. The molecule has 3 aromatic rings. The van der Waals surface area contributed by atoms with Crippen molar-refractivity contribution in [2.45, 2.75) is 19.5 Å². The van der Waals surface area contributed by atoms with Crippen LogP contribution in [0.1, 0.15) is 11.4 Å². The molecule has 1 aromatic carbocycles. The van der Waals surface area contributed by atoms with E-state index in [1.54, 1.807) is 0 Å². The van der Waals surface area contributed by atoms with Crippen LogP contribution in [0.3, 0.4) is 0 Å². The molecular weight excluding hydrogens is 354 g/mol. The summed E-state index contributed by atoms with van der Waals surface area (Å²) < 4.78 is 79.7. The van der Waals surface area contributed by atoms with Gasteiger partial charge in [-0.2, -0.15) is 22.8 Å². The molecule has 0 aliphatic rings. The lowest BCUT2D eigenvalue weighted by molar-refractivity contribution is -0.274. The summed E-state index contributed by atoms with van der Waals surface area (Å²) in [5, 5.41) is 10.3. The first-order valence-electron chi connectivity index (χ1n) is 6.71. The van der Waals surface area contributed by atoms with Gasteiger partial charge in [-0.3, -0.25) is 0 Å². The second kappa shape index (κ2) is 5.60. The Hall–Kier alpha value is -2.85. The maximum absolute atomic E-state index is 12.9. The van der Waals surface area contributed by atoms with Gasteiger partial charge in [0, 0.05) is 5.56 Å². The third-order valence-corrected chi connectivity index (χ3v) is 3.22. The highest BCUT2D eigenvalue weighted by atomic mass is 19.4. The maximum Gasteiger partial charge on any atom is 0.573 e. The maximum atomic E-state index is 12.9. The van der Waals surface area contributed by atoms with Crippen molar-refractivity contribution >= 4 is 5.65 Å². The van der Waals surface area contributed by atoms with E-state index in [0.717, 1.165) is 12.1 Å². The van der Waals surface area contributed by atoms with Gasteiger partial charge in [-0.05, 0) is 42.8 Å². The normalized spacial score (nSPS) is 12.6. The number of alkyl halides is 6. The van der Waals surface area contributed by atoms with E-state index in [9.17, 15) is 26.3 Å². The van der Waals surface area contributed by atoms with Gasteiger partial charge >= 0.3 is 12.5 Å². The van der Waals surface area contributed by atoms with Crippen molar-refractivity contribution in [3.05, 3.63) is 41.7 Å². The van der Waals surface area contributed by atoms with Crippen molar-refractivity contribution in [2.24, 2.45) is 0 Å². The summed E-state index contributed by atoms with van der Waals surface area (Å²) in [5.41, 5.74) is 0.702. The van der Waals surface area contributed by atoms with E-state index in [4.69, 9.17) is 0 Å². The van der Waals surface area contributed by atoms with Gasteiger partial charge < -0.3 is 4.74 Å². The Morgan fingerprint density at radius 1 is 0.960 bits per heavy atom. The number of hydrogen-bond acceptors (Lipinski definition) is 4. The van der Waals surface area contributed by atoms with Crippen molar-refractivity contribution in [1.29, 1.82) is 0 Å². The molecule has 0 amide bonds. The minimum atomic E-state index is -4.84. The van der Waals surface area contributed by atoms with Gasteiger partial charge in [-0.1, -0.05) is 0 Å². The standard InChI is InChI=1S/C14H8F6N4O/c1-7-6-8(25-14(18,19)20)2-3-9(7)10-4-5-11-21-22-12(13(15,16)17)24(11)23-10/h2-6H,1H3. The van der Waals surface area contributed by atoms with Crippen molar-refractivity contribution in [3.8, 4) is 17.0 Å². The average Bonchev–Trinajstić information content (AvgIpc) is 2.88. The van der Waals surface area contributed by atoms with Crippen molar-refractivity contribution in [3.63, 3.8) is 0 Å². The molecule has 0 unspecified atom stereocenters. The SMILES string of the molecule is Cc1cc(OC(F)(F)F)ccc1-c1ccc2nnc(C(F)(F)F)n2n1. The van der Waals surface area contributed by atoms with Crippen LogP contribution >= 0.6 is 0 Å². The van der Waals surface area contributed by atoms with E-state index < -0.39 is 24.1 Å². The number of aryl methyl sites for hydroxylation is 1. The van der Waals surface area contributed by atoms with Gasteiger partial charge in [0.25, 0.3) is 5.82 Å². The van der Waals surface area contributed by atoms with Gasteiger partial charge in [0.15, 0.2) is 5.65 Å². The van der Waals surface area contributed by atoms with Gasteiger partial charge in [0.2, 0.25) is 0 Å². The minimum Gasteiger partial charge on any atom is -0.406 e. The summed E-state index contributed by atoms with van der Waals surface area (Å²) in [4.78, 5) is 0. The lowest BCUT2D eigenvalue weighted by Gasteiger charge is -2.12. The van der Waals surface area contributed by atoms with Crippen LogP contribution in [-0.4, -0.2) is 26.2 Å². The average molecular weight is 362 g/mol. The van der Waals surface area contributed by atoms with E-state index in [0.29, 0.717) is 15.6 Å². The fraction of sp³-hybridized carbons (Fsp3) is 0.214. The molecule has 0 radical (unpaired) electrons. The summed E-state index contributed by atoms with van der Waals surface area (Å²) in [5.74, 6) is -1.73. The second-order valence-electron chi connectivity index (χ2n) is 5.03. The molecule has 0 aliphatic carbocycles. The first kappa shape index (κ1) is 17.0. The van der Waals surface area contributed by atoms with Crippen LogP contribution in [-0.2, 0) is 6.18 Å². The largest absolute Gasteiger partial charge is 0.573 e. The molecule has 3 rings (SSSR count).